The summed E-state index contributed by atoms with van der Waals surface area (Å²) < 4.78 is 11.2. The molecule has 8 heteroatoms. The lowest BCUT2D eigenvalue weighted by Gasteiger charge is -2.34. The molecule has 0 saturated carbocycles. The molecule has 2 N–H and O–H groups in total. The highest BCUT2D eigenvalue weighted by molar-refractivity contribution is 5.89. The van der Waals surface area contributed by atoms with Crippen molar-refractivity contribution in [2.75, 3.05) is 19.8 Å². The fourth-order valence-electron chi connectivity index (χ4n) is 5.62. The van der Waals surface area contributed by atoms with Crippen LogP contribution in [0.15, 0.2) is 48.5 Å². The van der Waals surface area contributed by atoms with E-state index in [0.717, 1.165) is 22.3 Å². The maximum atomic E-state index is 13.4. The molecule has 3 unspecified atom stereocenters. The molecule has 1 aliphatic carbocycles. The molecule has 0 bridgehead atoms. The molecule has 2 heterocycles. The van der Waals surface area contributed by atoms with Crippen LogP contribution in [0.25, 0.3) is 11.1 Å². The SMILES string of the molecule is CC(C)(CNC(=O)OCC1c2ccccc2-c2ccccc21)C(=O)N1C(C(=O)O)CC2OCCC21. The average molecular weight is 479 g/mol. The number of nitrogens with one attached hydrogen (secondary N) is 1. The number of hydrogen-bond donors (Lipinski definition) is 2. The number of carboxylic acids is 1. The van der Waals surface area contributed by atoms with Gasteiger partial charge < -0.3 is 24.8 Å². The second kappa shape index (κ2) is 9.00. The lowest BCUT2D eigenvalue weighted by molar-refractivity contribution is -0.153. The van der Waals surface area contributed by atoms with Crippen molar-refractivity contribution in [2.24, 2.45) is 5.41 Å². The third kappa shape index (κ3) is 4.16. The second-order valence-corrected chi connectivity index (χ2v) is 10.1. The molecule has 3 atom stereocenters. The lowest BCUT2D eigenvalue weighted by atomic mass is 9.90. The van der Waals surface area contributed by atoms with Crippen molar-refractivity contribution in [3.63, 3.8) is 0 Å². The molecule has 0 spiro atoms. The number of nitrogens with zero attached hydrogens (tertiary/aromatic N) is 1. The van der Waals surface area contributed by atoms with E-state index in [9.17, 15) is 19.5 Å². The lowest BCUT2D eigenvalue weighted by Crippen LogP contribution is -2.53. The Morgan fingerprint density at radius 3 is 2.34 bits per heavy atom. The van der Waals surface area contributed by atoms with Gasteiger partial charge in [-0.05, 0) is 42.5 Å². The number of hydrogen-bond acceptors (Lipinski definition) is 5. The Balaban J connectivity index is 1.21. The van der Waals surface area contributed by atoms with Gasteiger partial charge in [-0.25, -0.2) is 9.59 Å². The van der Waals surface area contributed by atoms with Gasteiger partial charge in [-0.3, -0.25) is 4.79 Å². The number of carbonyl (C=O) groups excluding carboxylic acids is 2. The number of carboxylic acid groups (broad SMARTS) is 1. The molecule has 3 aliphatic rings. The molecule has 2 saturated heterocycles. The molecule has 5 rings (SSSR count). The number of carbonyl (C=O) groups is 3. The van der Waals surface area contributed by atoms with Crippen LogP contribution < -0.4 is 5.32 Å². The highest BCUT2D eigenvalue weighted by Crippen LogP contribution is 2.44. The standard InChI is InChI=1S/C27H30N2O6/c1-27(2,25(32)29-21-11-12-34-23(21)13-22(29)24(30)31)15-28-26(33)35-14-20-18-9-5-3-7-16(18)17-8-4-6-10-19(17)20/h3-10,20-23H,11-15H2,1-2H3,(H,28,33)(H,30,31). The van der Waals surface area contributed by atoms with Gasteiger partial charge in [0.2, 0.25) is 5.91 Å². The third-order valence-corrected chi connectivity index (χ3v) is 7.44. The van der Waals surface area contributed by atoms with Crippen LogP contribution in [0, 0.1) is 5.41 Å². The molecule has 184 valence electrons. The third-order valence-electron chi connectivity index (χ3n) is 7.44. The smallest absolute Gasteiger partial charge is 0.407 e. The van der Waals surface area contributed by atoms with Crippen LogP contribution in [0.1, 0.15) is 43.7 Å². The van der Waals surface area contributed by atoms with E-state index in [1.807, 2.05) is 24.3 Å². The Labute approximate surface area is 204 Å². The zero-order valence-corrected chi connectivity index (χ0v) is 19.9. The van der Waals surface area contributed by atoms with Gasteiger partial charge in [-0.2, -0.15) is 0 Å². The van der Waals surface area contributed by atoms with Crippen molar-refractivity contribution in [1.82, 2.24) is 10.2 Å². The molecular weight excluding hydrogens is 448 g/mol. The number of ether oxygens (including phenoxy) is 2. The fraction of sp³-hybridized carbons (Fsp3) is 0.444. The predicted molar refractivity (Wildman–Crippen MR) is 128 cm³/mol. The van der Waals surface area contributed by atoms with Crippen molar-refractivity contribution >= 4 is 18.0 Å². The van der Waals surface area contributed by atoms with Crippen molar-refractivity contribution in [3.05, 3.63) is 59.7 Å². The van der Waals surface area contributed by atoms with Crippen LogP contribution >= 0.6 is 0 Å². The van der Waals surface area contributed by atoms with Gasteiger partial charge in [-0.1, -0.05) is 48.5 Å². The number of likely N-dealkylation sites (tertiary alicyclic amines) is 1. The number of alkyl carbamates (subject to hydrolysis) is 1. The van der Waals surface area contributed by atoms with Crippen LogP contribution in [0.3, 0.4) is 0 Å². The van der Waals surface area contributed by atoms with E-state index in [0.29, 0.717) is 19.4 Å². The Hall–Kier alpha value is -3.39. The maximum Gasteiger partial charge on any atom is 0.407 e. The highest BCUT2D eigenvalue weighted by Gasteiger charge is 2.52. The second-order valence-electron chi connectivity index (χ2n) is 10.1. The summed E-state index contributed by atoms with van der Waals surface area (Å²) in [6, 6.07) is 15.1. The highest BCUT2D eigenvalue weighted by atomic mass is 16.5. The quantitative estimate of drug-likeness (QED) is 0.659. The first kappa shape index (κ1) is 23.4. The van der Waals surface area contributed by atoms with E-state index in [-0.39, 0.29) is 37.1 Å². The minimum Gasteiger partial charge on any atom is -0.480 e. The van der Waals surface area contributed by atoms with Gasteiger partial charge in [0.1, 0.15) is 12.6 Å². The van der Waals surface area contributed by atoms with Crippen LogP contribution in [0.4, 0.5) is 4.79 Å². The summed E-state index contributed by atoms with van der Waals surface area (Å²) in [5.41, 5.74) is 3.54. The van der Waals surface area contributed by atoms with Gasteiger partial charge in [0.25, 0.3) is 0 Å². The summed E-state index contributed by atoms with van der Waals surface area (Å²) >= 11 is 0. The van der Waals surface area contributed by atoms with Gasteiger partial charge in [0.05, 0.1) is 17.6 Å². The largest absolute Gasteiger partial charge is 0.480 e. The van der Waals surface area contributed by atoms with E-state index in [1.54, 1.807) is 13.8 Å². The molecule has 0 radical (unpaired) electrons. The topological polar surface area (TPSA) is 105 Å². The molecule has 2 aromatic carbocycles. The van der Waals surface area contributed by atoms with Crippen molar-refractivity contribution < 1.29 is 29.0 Å². The summed E-state index contributed by atoms with van der Waals surface area (Å²) in [5, 5.41) is 12.4. The van der Waals surface area contributed by atoms with Crippen LogP contribution in [-0.4, -0.2) is 65.9 Å². The molecule has 0 aromatic heterocycles. The van der Waals surface area contributed by atoms with Crippen LogP contribution in [-0.2, 0) is 19.1 Å². The van der Waals surface area contributed by atoms with Crippen molar-refractivity contribution in [2.45, 2.75) is 50.8 Å². The van der Waals surface area contributed by atoms with Gasteiger partial charge in [-0.15, -0.1) is 0 Å². The Kier molecular flexibility index (Phi) is 6.01. The first-order valence-corrected chi connectivity index (χ1v) is 12.0. The number of amides is 2. The Morgan fingerprint density at radius 2 is 1.71 bits per heavy atom. The van der Waals surface area contributed by atoms with E-state index in [1.165, 1.54) is 4.90 Å². The van der Waals surface area contributed by atoms with E-state index >= 15 is 0 Å². The zero-order valence-electron chi connectivity index (χ0n) is 19.9. The Bertz CT molecular complexity index is 1120. The summed E-state index contributed by atoms with van der Waals surface area (Å²) in [7, 11) is 0. The van der Waals surface area contributed by atoms with Gasteiger partial charge in [0, 0.05) is 25.5 Å². The zero-order chi connectivity index (χ0) is 24.7. The van der Waals surface area contributed by atoms with Gasteiger partial charge in [0.15, 0.2) is 0 Å². The van der Waals surface area contributed by atoms with Crippen LogP contribution in [0.2, 0.25) is 0 Å². The number of fused-ring (bicyclic) bond motifs is 4. The first-order chi connectivity index (χ1) is 16.8. The summed E-state index contributed by atoms with van der Waals surface area (Å²) in [5.74, 6) is -1.39. The predicted octanol–water partition coefficient (Wildman–Crippen LogP) is 3.39. The summed E-state index contributed by atoms with van der Waals surface area (Å²) in [4.78, 5) is 39.2. The molecule has 2 fully saturated rings. The Morgan fingerprint density at radius 1 is 1.09 bits per heavy atom. The average Bonchev–Trinajstić information content (AvgIpc) is 3.53. The molecule has 2 aromatic rings. The summed E-state index contributed by atoms with van der Waals surface area (Å²) in [6.07, 6.45) is 0.0643. The first-order valence-electron chi connectivity index (χ1n) is 12.0. The molecular formula is C27H30N2O6. The minimum absolute atomic E-state index is 0.0313. The van der Waals surface area contributed by atoms with Crippen molar-refractivity contribution in [3.8, 4) is 11.1 Å². The van der Waals surface area contributed by atoms with E-state index in [2.05, 4.69) is 29.6 Å². The fourth-order valence-corrected chi connectivity index (χ4v) is 5.62. The number of aliphatic carboxylic acids is 1. The monoisotopic (exact) mass is 478 g/mol. The maximum absolute atomic E-state index is 13.4. The molecule has 8 nitrogen and oxygen atoms in total. The molecule has 2 aliphatic heterocycles. The van der Waals surface area contributed by atoms with Gasteiger partial charge >= 0.3 is 12.1 Å². The number of rotatable bonds is 6. The molecule has 35 heavy (non-hydrogen) atoms. The van der Waals surface area contributed by atoms with Crippen molar-refractivity contribution in [1.29, 1.82) is 0 Å². The van der Waals surface area contributed by atoms with Crippen LogP contribution in [0.5, 0.6) is 0 Å². The molecule has 2 amide bonds. The summed E-state index contributed by atoms with van der Waals surface area (Å²) in [6.45, 7) is 4.15. The van der Waals surface area contributed by atoms with E-state index < -0.39 is 23.5 Å². The van der Waals surface area contributed by atoms with E-state index in [4.69, 9.17) is 9.47 Å². The minimum atomic E-state index is -1.03. The number of benzene rings is 2. The normalized spacial score (nSPS) is 22.9.